The molecule has 0 atom stereocenters. The zero-order valence-corrected chi connectivity index (χ0v) is 17.4. The molecule has 32 heavy (non-hydrogen) atoms. The molecule has 0 fully saturated rings. The molecule has 1 N–H and O–H groups in total. The van der Waals surface area contributed by atoms with Crippen LogP contribution in [-0.2, 0) is 17.9 Å². The Labute approximate surface area is 182 Å². The lowest BCUT2D eigenvalue weighted by atomic mass is 10.2. The summed E-state index contributed by atoms with van der Waals surface area (Å²) in [6.07, 6.45) is 1.24. The summed E-state index contributed by atoms with van der Waals surface area (Å²) in [5.74, 6) is -2.60. The Balaban J connectivity index is 0.000000278. The summed E-state index contributed by atoms with van der Waals surface area (Å²) < 4.78 is 39.9. The van der Waals surface area contributed by atoms with Crippen molar-refractivity contribution in [1.82, 2.24) is 5.32 Å². The summed E-state index contributed by atoms with van der Waals surface area (Å²) in [5.41, 5.74) is 0.330. The molecule has 0 unspecified atom stereocenters. The maximum Gasteiger partial charge on any atom is 0.378 e. The van der Waals surface area contributed by atoms with Crippen LogP contribution in [0.3, 0.4) is 0 Å². The predicted molar refractivity (Wildman–Crippen MR) is 112 cm³/mol. The Bertz CT molecular complexity index is 1120. The molecule has 0 aliphatic carbocycles. The van der Waals surface area contributed by atoms with E-state index < -0.39 is 23.0 Å². The second kappa shape index (κ2) is 12.1. The molecule has 0 aliphatic rings. The normalized spacial score (nSPS) is 10.0. The molecule has 7 nitrogen and oxygen atoms in total. The number of aldehydes is 1. The van der Waals surface area contributed by atoms with Crippen LogP contribution in [0.5, 0.6) is 5.75 Å². The number of ether oxygens (including phenoxy) is 2. The van der Waals surface area contributed by atoms with Crippen molar-refractivity contribution in [3.05, 3.63) is 99.1 Å². The first kappa shape index (κ1) is 24.4. The summed E-state index contributed by atoms with van der Waals surface area (Å²) >= 11 is 0. The van der Waals surface area contributed by atoms with Crippen LogP contribution in [0.25, 0.3) is 0 Å². The average molecular weight is 445 g/mol. The molecule has 1 heterocycles. The molecule has 0 spiro atoms. The molecule has 9 heteroatoms. The van der Waals surface area contributed by atoms with Gasteiger partial charge in [0.05, 0.1) is 7.11 Å². The summed E-state index contributed by atoms with van der Waals surface area (Å²) in [5, 5.41) is 2.78. The fourth-order valence-electron chi connectivity index (χ4n) is 2.49. The largest absolute Gasteiger partial charge is 0.481 e. The Morgan fingerprint density at radius 2 is 1.88 bits per heavy atom. The second-order valence-corrected chi connectivity index (χ2v) is 6.33. The van der Waals surface area contributed by atoms with E-state index in [0.29, 0.717) is 18.4 Å². The third-order valence-electron chi connectivity index (χ3n) is 4.08. The minimum atomic E-state index is -0.854. The fourth-order valence-corrected chi connectivity index (χ4v) is 2.49. The number of hydrogen-bond acceptors (Lipinski definition) is 7. The molecule has 0 bridgehead atoms. The predicted octanol–water partition coefficient (Wildman–Crippen LogP) is 3.50. The topological polar surface area (TPSA) is 94.8 Å². The van der Waals surface area contributed by atoms with Crippen LogP contribution in [-0.4, -0.2) is 26.4 Å². The smallest absolute Gasteiger partial charge is 0.378 e. The van der Waals surface area contributed by atoms with Gasteiger partial charge in [-0.2, -0.15) is 0 Å². The van der Waals surface area contributed by atoms with Crippen LogP contribution in [0.15, 0.2) is 64.0 Å². The van der Waals surface area contributed by atoms with E-state index in [0.717, 1.165) is 25.0 Å². The minimum absolute atomic E-state index is 0.0535. The van der Waals surface area contributed by atoms with E-state index in [1.165, 1.54) is 12.1 Å². The van der Waals surface area contributed by atoms with Crippen LogP contribution >= 0.6 is 0 Å². The Hall–Kier alpha value is -3.85. The molecule has 3 rings (SSSR count). The molecule has 0 amide bonds. The maximum atomic E-state index is 12.8. The first-order valence-corrected chi connectivity index (χ1v) is 9.35. The highest BCUT2D eigenvalue weighted by Crippen LogP contribution is 2.17. The van der Waals surface area contributed by atoms with E-state index in [1.54, 1.807) is 19.2 Å². The van der Waals surface area contributed by atoms with Crippen molar-refractivity contribution >= 4 is 12.3 Å². The summed E-state index contributed by atoms with van der Waals surface area (Å²) in [7, 11) is 2.86. The van der Waals surface area contributed by atoms with Gasteiger partial charge in [0, 0.05) is 18.2 Å². The number of halogens is 2. The van der Waals surface area contributed by atoms with Gasteiger partial charge in [-0.25, -0.2) is 13.6 Å². The quantitative estimate of drug-likeness (QED) is 0.439. The summed E-state index contributed by atoms with van der Waals surface area (Å²) in [6, 6.07) is 12.6. The van der Waals surface area contributed by atoms with Crippen LogP contribution in [0, 0.1) is 11.6 Å². The lowest BCUT2D eigenvalue weighted by Gasteiger charge is -2.09. The van der Waals surface area contributed by atoms with E-state index >= 15 is 0 Å². The molecule has 0 aliphatic heterocycles. The second-order valence-electron chi connectivity index (χ2n) is 6.33. The minimum Gasteiger partial charge on any atom is -0.481 e. The lowest BCUT2D eigenvalue weighted by molar-refractivity contribution is 0.0552. The highest BCUT2D eigenvalue weighted by atomic mass is 19.1. The van der Waals surface area contributed by atoms with Crippen molar-refractivity contribution in [2.24, 2.45) is 0 Å². The van der Waals surface area contributed by atoms with Crippen molar-refractivity contribution in [1.29, 1.82) is 0 Å². The number of hydrogen-bond donors (Lipinski definition) is 1. The summed E-state index contributed by atoms with van der Waals surface area (Å²) in [6.45, 7) is 0.476. The zero-order valence-electron chi connectivity index (χ0n) is 17.4. The van der Waals surface area contributed by atoms with E-state index in [-0.39, 0.29) is 23.7 Å². The molecule has 1 aromatic heterocycles. The molecule has 168 valence electrons. The number of nitrogens with one attached hydrogen (secondary N) is 1. The lowest BCUT2D eigenvalue weighted by Crippen LogP contribution is -2.17. The van der Waals surface area contributed by atoms with Crippen LogP contribution < -0.4 is 15.5 Å². The van der Waals surface area contributed by atoms with Crippen molar-refractivity contribution in [3.63, 3.8) is 0 Å². The summed E-state index contributed by atoms with van der Waals surface area (Å²) in [4.78, 5) is 34.4. The molecule has 0 saturated carbocycles. The number of esters is 1. The fraction of sp³-hybridized carbons (Fsp3) is 0.174. The number of rotatable bonds is 7. The van der Waals surface area contributed by atoms with Crippen LogP contribution in [0.1, 0.15) is 32.0 Å². The Morgan fingerprint density at radius 3 is 2.47 bits per heavy atom. The Kier molecular flexibility index (Phi) is 9.24. The molecule has 3 aromatic rings. The Morgan fingerprint density at radius 1 is 1.16 bits per heavy atom. The van der Waals surface area contributed by atoms with Crippen LogP contribution in [0.2, 0.25) is 0 Å². The number of carbonyl (C=O) groups is 2. The van der Waals surface area contributed by atoms with Gasteiger partial charge < -0.3 is 19.2 Å². The van der Waals surface area contributed by atoms with Gasteiger partial charge in [0.25, 0.3) is 5.76 Å². The highest BCUT2D eigenvalue weighted by molar-refractivity contribution is 5.90. The van der Waals surface area contributed by atoms with Crippen molar-refractivity contribution in [3.8, 4) is 5.75 Å². The van der Waals surface area contributed by atoms with Gasteiger partial charge in [-0.05, 0) is 18.7 Å². The van der Waals surface area contributed by atoms with Crippen LogP contribution in [0.4, 0.5) is 8.78 Å². The number of benzene rings is 2. The van der Waals surface area contributed by atoms with Gasteiger partial charge in [-0.1, -0.05) is 36.4 Å². The first-order chi connectivity index (χ1) is 15.4. The van der Waals surface area contributed by atoms with Crippen molar-refractivity contribution < 1.29 is 32.3 Å². The van der Waals surface area contributed by atoms with Crippen molar-refractivity contribution in [2.45, 2.75) is 13.2 Å². The SMILES string of the molecule is CNCc1ccc(F)cc1F.COC(=O)c1occ(C=O)c(=O)c1OCc1ccccc1. The van der Waals surface area contributed by atoms with E-state index in [9.17, 15) is 23.2 Å². The van der Waals surface area contributed by atoms with Crippen molar-refractivity contribution in [2.75, 3.05) is 14.2 Å². The molecule has 0 saturated heterocycles. The van der Waals surface area contributed by atoms with Gasteiger partial charge in [0.1, 0.15) is 30.1 Å². The average Bonchev–Trinajstić information content (AvgIpc) is 2.80. The number of methoxy groups -OCH3 is 1. The third-order valence-corrected chi connectivity index (χ3v) is 4.08. The monoisotopic (exact) mass is 445 g/mol. The maximum absolute atomic E-state index is 12.8. The highest BCUT2D eigenvalue weighted by Gasteiger charge is 2.22. The van der Waals surface area contributed by atoms with E-state index in [2.05, 4.69) is 10.1 Å². The molecule has 2 aromatic carbocycles. The van der Waals surface area contributed by atoms with Gasteiger partial charge in [0.2, 0.25) is 11.2 Å². The van der Waals surface area contributed by atoms with Gasteiger partial charge in [0.15, 0.2) is 6.29 Å². The van der Waals surface area contributed by atoms with E-state index in [4.69, 9.17) is 9.15 Å². The molecular formula is C23H21F2NO6. The molecule has 0 radical (unpaired) electrons. The zero-order chi connectivity index (χ0) is 23.5. The van der Waals surface area contributed by atoms with E-state index in [1.807, 2.05) is 18.2 Å². The molecular weight excluding hydrogens is 424 g/mol. The standard InChI is InChI=1S/C15H12O6.C8H9F2N/c1-19-15(18)14-13(12(17)11(7-16)9-21-14)20-8-10-5-3-2-4-6-10;1-11-5-6-2-3-7(9)4-8(6)10/h2-7,9H,8H2,1H3;2-4,11H,5H2,1H3. The first-order valence-electron chi connectivity index (χ1n) is 9.35. The van der Waals surface area contributed by atoms with Gasteiger partial charge in [-0.15, -0.1) is 0 Å². The third kappa shape index (κ3) is 6.58. The van der Waals surface area contributed by atoms with Gasteiger partial charge >= 0.3 is 5.97 Å². The number of carbonyl (C=O) groups excluding carboxylic acids is 2. The van der Waals surface area contributed by atoms with Gasteiger partial charge in [-0.3, -0.25) is 9.59 Å².